The lowest BCUT2D eigenvalue weighted by molar-refractivity contribution is -0.131. The third kappa shape index (κ3) is 3.12. The average Bonchev–Trinajstić information content (AvgIpc) is 3.00. The van der Waals surface area contributed by atoms with E-state index < -0.39 is 0 Å². The Morgan fingerprint density at radius 2 is 2.32 bits per heavy atom. The first-order chi connectivity index (χ1) is 9.15. The molecule has 1 aromatic heterocycles. The minimum Gasteiger partial charge on any atom is -0.338 e. The molecule has 1 atom stereocenters. The predicted molar refractivity (Wildman–Crippen MR) is 72.3 cm³/mol. The molecule has 0 saturated carbocycles. The van der Waals surface area contributed by atoms with Gasteiger partial charge >= 0.3 is 0 Å². The van der Waals surface area contributed by atoms with Crippen molar-refractivity contribution in [1.29, 1.82) is 0 Å². The first-order valence-corrected chi connectivity index (χ1v) is 7.00. The molecule has 0 aliphatic carbocycles. The van der Waals surface area contributed by atoms with Crippen LogP contribution < -0.4 is 5.73 Å². The number of nitrogens with zero attached hydrogens (tertiary/aromatic N) is 4. The molecule has 0 bridgehead atoms. The predicted octanol–water partition coefficient (Wildman–Crippen LogP) is 0.558. The molecule has 2 heterocycles. The van der Waals surface area contributed by atoms with Gasteiger partial charge in [0, 0.05) is 26.4 Å². The van der Waals surface area contributed by atoms with E-state index in [0.29, 0.717) is 19.5 Å². The minimum atomic E-state index is 0.132. The van der Waals surface area contributed by atoms with Gasteiger partial charge in [0.2, 0.25) is 5.91 Å². The van der Waals surface area contributed by atoms with E-state index in [0.717, 1.165) is 37.5 Å². The van der Waals surface area contributed by atoms with Crippen LogP contribution in [0.3, 0.4) is 0 Å². The normalized spacial score (nSPS) is 15.3. The molecule has 19 heavy (non-hydrogen) atoms. The van der Waals surface area contributed by atoms with Crippen molar-refractivity contribution < 1.29 is 4.79 Å². The number of aryl methyl sites for hydroxylation is 1. The Bertz CT molecular complexity index is 438. The molecule has 1 aromatic rings. The van der Waals surface area contributed by atoms with Crippen LogP contribution in [0, 0.1) is 5.92 Å². The molecule has 0 fully saturated rings. The molecule has 1 aliphatic rings. The monoisotopic (exact) mass is 265 g/mol. The molecule has 1 aliphatic heterocycles. The minimum absolute atomic E-state index is 0.132. The van der Waals surface area contributed by atoms with Gasteiger partial charge in [-0.15, -0.1) is 10.2 Å². The highest BCUT2D eigenvalue weighted by Crippen LogP contribution is 2.16. The number of aromatic nitrogens is 3. The van der Waals surface area contributed by atoms with Gasteiger partial charge in [0.05, 0.1) is 6.54 Å². The van der Waals surface area contributed by atoms with Gasteiger partial charge in [-0.1, -0.05) is 13.3 Å². The van der Waals surface area contributed by atoms with E-state index in [-0.39, 0.29) is 11.8 Å². The summed E-state index contributed by atoms with van der Waals surface area (Å²) in [5.74, 6) is 2.35. The van der Waals surface area contributed by atoms with Crippen LogP contribution in [0.25, 0.3) is 0 Å². The van der Waals surface area contributed by atoms with Crippen molar-refractivity contribution in [2.75, 3.05) is 13.6 Å². The lowest BCUT2D eigenvalue weighted by Crippen LogP contribution is -2.30. The largest absolute Gasteiger partial charge is 0.338 e. The summed E-state index contributed by atoms with van der Waals surface area (Å²) < 4.78 is 2.13. The smallest absolute Gasteiger partial charge is 0.223 e. The first-order valence-electron chi connectivity index (χ1n) is 7.00. The fourth-order valence-corrected chi connectivity index (χ4v) is 2.43. The van der Waals surface area contributed by atoms with Crippen LogP contribution in [-0.4, -0.2) is 39.2 Å². The van der Waals surface area contributed by atoms with Crippen LogP contribution in [0.4, 0.5) is 0 Å². The number of carbonyl (C=O) groups excluding carboxylic acids is 1. The Balaban J connectivity index is 1.93. The molecule has 0 radical (unpaired) electrons. The summed E-state index contributed by atoms with van der Waals surface area (Å²) in [6, 6.07) is 0. The molecule has 6 nitrogen and oxygen atoms in total. The number of rotatable bonds is 6. The number of nitrogens with two attached hydrogens (primary N) is 1. The number of hydrogen-bond acceptors (Lipinski definition) is 4. The van der Waals surface area contributed by atoms with Gasteiger partial charge < -0.3 is 15.2 Å². The zero-order valence-electron chi connectivity index (χ0n) is 11.8. The highest BCUT2D eigenvalue weighted by atomic mass is 16.2. The second-order valence-electron chi connectivity index (χ2n) is 5.25. The van der Waals surface area contributed by atoms with E-state index in [4.69, 9.17) is 5.73 Å². The van der Waals surface area contributed by atoms with Crippen LogP contribution >= 0.6 is 0 Å². The van der Waals surface area contributed by atoms with Crippen LogP contribution in [0.5, 0.6) is 0 Å². The number of carbonyl (C=O) groups is 1. The zero-order chi connectivity index (χ0) is 13.8. The molecule has 2 N–H and O–H groups in total. The Morgan fingerprint density at radius 1 is 1.53 bits per heavy atom. The van der Waals surface area contributed by atoms with E-state index in [2.05, 4.69) is 21.7 Å². The van der Waals surface area contributed by atoms with Crippen molar-refractivity contribution in [1.82, 2.24) is 19.7 Å². The average molecular weight is 265 g/mol. The van der Waals surface area contributed by atoms with Gasteiger partial charge in [0.1, 0.15) is 5.82 Å². The van der Waals surface area contributed by atoms with E-state index in [1.54, 1.807) is 4.90 Å². The topological polar surface area (TPSA) is 77.0 Å². The van der Waals surface area contributed by atoms with Crippen molar-refractivity contribution in [2.24, 2.45) is 11.7 Å². The zero-order valence-corrected chi connectivity index (χ0v) is 11.8. The summed E-state index contributed by atoms with van der Waals surface area (Å²) in [5.41, 5.74) is 5.64. The maximum absolute atomic E-state index is 12.1. The van der Waals surface area contributed by atoms with Crippen molar-refractivity contribution in [3.8, 4) is 0 Å². The summed E-state index contributed by atoms with van der Waals surface area (Å²) in [5, 5.41) is 8.33. The summed E-state index contributed by atoms with van der Waals surface area (Å²) in [6.45, 7) is 4.14. The van der Waals surface area contributed by atoms with Crippen LogP contribution in [0.2, 0.25) is 0 Å². The Hall–Kier alpha value is -1.43. The Kier molecular flexibility index (Phi) is 4.52. The molecule has 6 heteroatoms. The molecule has 0 aromatic carbocycles. The molecule has 0 saturated heterocycles. The van der Waals surface area contributed by atoms with Crippen molar-refractivity contribution in [3.63, 3.8) is 0 Å². The number of hydrogen-bond donors (Lipinski definition) is 1. The van der Waals surface area contributed by atoms with Gasteiger partial charge in [-0.05, 0) is 18.9 Å². The number of fused-ring (bicyclic) bond motifs is 1. The van der Waals surface area contributed by atoms with E-state index >= 15 is 0 Å². The van der Waals surface area contributed by atoms with Crippen LogP contribution in [0.1, 0.15) is 37.8 Å². The van der Waals surface area contributed by atoms with Gasteiger partial charge in [0.15, 0.2) is 5.82 Å². The van der Waals surface area contributed by atoms with Crippen molar-refractivity contribution >= 4 is 5.91 Å². The van der Waals surface area contributed by atoms with E-state index in [1.807, 2.05) is 7.05 Å². The maximum Gasteiger partial charge on any atom is 0.223 e. The maximum atomic E-state index is 12.1. The third-order valence-electron chi connectivity index (χ3n) is 3.86. The molecule has 106 valence electrons. The van der Waals surface area contributed by atoms with Crippen LogP contribution in [0.15, 0.2) is 0 Å². The van der Waals surface area contributed by atoms with Crippen molar-refractivity contribution in [3.05, 3.63) is 11.6 Å². The SMILES string of the molecule is CCC(CN)CC(=O)N(C)Cc1nnc2n1CCC2. The van der Waals surface area contributed by atoms with E-state index in [9.17, 15) is 4.79 Å². The van der Waals surface area contributed by atoms with Crippen LogP contribution in [-0.2, 0) is 24.3 Å². The second-order valence-corrected chi connectivity index (χ2v) is 5.25. The summed E-state index contributed by atoms with van der Waals surface area (Å²) in [7, 11) is 1.82. The fraction of sp³-hybridized carbons (Fsp3) is 0.769. The molecule has 1 unspecified atom stereocenters. The molecular formula is C13H23N5O. The fourth-order valence-electron chi connectivity index (χ4n) is 2.43. The third-order valence-corrected chi connectivity index (χ3v) is 3.86. The number of amides is 1. The highest BCUT2D eigenvalue weighted by molar-refractivity contribution is 5.76. The molecule has 0 spiro atoms. The molecular weight excluding hydrogens is 242 g/mol. The first kappa shape index (κ1) is 14.0. The standard InChI is InChI=1S/C13H23N5O/c1-3-10(8-14)7-13(19)17(2)9-12-16-15-11-5-4-6-18(11)12/h10H,3-9,14H2,1-2H3. The van der Waals surface area contributed by atoms with Gasteiger partial charge in [-0.25, -0.2) is 0 Å². The summed E-state index contributed by atoms with van der Waals surface area (Å²) in [6.07, 6.45) is 3.58. The van der Waals surface area contributed by atoms with Gasteiger partial charge in [0.25, 0.3) is 0 Å². The van der Waals surface area contributed by atoms with Crippen molar-refractivity contribution in [2.45, 2.75) is 45.7 Å². The lowest BCUT2D eigenvalue weighted by atomic mass is 10.0. The van der Waals surface area contributed by atoms with Gasteiger partial charge in [-0.3, -0.25) is 4.79 Å². The van der Waals surface area contributed by atoms with Gasteiger partial charge in [-0.2, -0.15) is 0 Å². The lowest BCUT2D eigenvalue weighted by Gasteiger charge is -2.19. The summed E-state index contributed by atoms with van der Waals surface area (Å²) in [4.78, 5) is 13.8. The second kappa shape index (κ2) is 6.14. The quantitative estimate of drug-likeness (QED) is 0.815. The molecule has 2 rings (SSSR count). The highest BCUT2D eigenvalue weighted by Gasteiger charge is 2.20. The summed E-state index contributed by atoms with van der Waals surface area (Å²) >= 11 is 0. The van der Waals surface area contributed by atoms with E-state index in [1.165, 1.54) is 0 Å². The Labute approximate surface area is 114 Å². The molecule has 1 amide bonds. The Morgan fingerprint density at radius 3 is 3.00 bits per heavy atom.